The molecule has 8 heteroatoms. The van der Waals surface area contributed by atoms with Crippen molar-refractivity contribution >= 4 is 29.3 Å². The van der Waals surface area contributed by atoms with Gasteiger partial charge in [-0.2, -0.15) is 4.98 Å². The number of anilines is 2. The number of benzene rings is 1. The van der Waals surface area contributed by atoms with Gasteiger partial charge in [0.1, 0.15) is 5.75 Å². The number of carbonyl (C=O) groups is 1. The second kappa shape index (κ2) is 6.29. The zero-order valence-electron chi connectivity index (χ0n) is 11.1. The summed E-state index contributed by atoms with van der Waals surface area (Å²) in [6.45, 7) is 1.77. The summed E-state index contributed by atoms with van der Waals surface area (Å²) in [6.07, 6.45) is 0. The van der Waals surface area contributed by atoms with Crippen molar-refractivity contribution < 1.29 is 9.53 Å². The molecule has 1 aromatic carbocycles. The van der Waals surface area contributed by atoms with Crippen molar-refractivity contribution in [1.82, 2.24) is 15.2 Å². The fourth-order valence-corrected chi connectivity index (χ4v) is 2.24. The molecule has 0 bridgehead atoms. The number of thioether (sulfide) groups is 1. The molecular formula is C12H15N5O2S. The number of ether oxygens (including phenoxy) is 1. The van der Waals surface area contributed by atoms with Crippen LogP contribution in [0.15, 0.2) is 29.4 Å². The topological polar surface area (TPSA) is 106 Å². The summed E-state index contributed by atoms with van der Waals surface area (Å²) in [5.74, 6) is 0.674. The van der Waals surface area contributed by atoms with Crippen LogP contribution in [0.3, 0.4) is 0 Å². The third-order valence-electron chi connectivity index (χ3n) is 2.50. The second-order valence-electron chi connectivity index (χ2n) is 3.95. The van der Waals surface area contributed by atoms with E-state index in [4.69, 9.17) is 10.5 Å². The van der Waals surface area contributed by atoms with Gasteiger partial charge in [0.25, 0.3) is 0 Å². The second-order valence-corrected chi connectivity index (χ2v) is 5.26. The average Bonchev–Trinajstić information content (AvgIpc) is 2.84. The zero-order chi connectivity index (χ0) is 14.5. The lowest BCUT2D eigenvalue weighted by molar-refractivity contribution is -0.115. The average molecular weight is 293 g/mol. The predicted molar refractivity (Wildman–Crippen MR) is 77.7 cm³/mol. The number of aromatic amines is 1. The first-order valence-electron chi connectivity index (χ1n) is 5.88. The highest BCUT2D eigenvalue weighted by atomic mass is 32.2. The fourth-order valence-electron chi connectivity index (χ4n) is 1.50. The molecular weight excluding hydrogens is 278 g/mol. The molecule has 0 saturated carbocycles. The first-order valence-corrected chi connectivity index (χ1v) is 6.76. The standard InChI is InChI=1S/C12H15N5O2S/c1-7(20-12-15-11(13)16-17-12)10(18)14-8-5-3-4-6-9(8)19-2/h3-7H,1-2H3,(H,14,18)(H3,13,15,16,17). The molecule has 0 fully saturated rings. The van der Waals surface area contributed by atoms with Gasteiger partial charge in [0.15, 0.2) is 0 Å². The minimum absolute atomic E-state index is 0.164. The number of methoxy groups -OCH3 is 1. The maximum absolute atomic E-state index is 12.1. The van der Waals surface area contributed by atoms with Gasteiger partial charge in [-0.1, -0.05) is 23.9 Å². The molecule has 1 heterocycles. The third-order valence-corrected chi connectivity index (χ3v) is 3.46. The van der Waals surface area contributed by atoms with E-state index in [9.17, 15) is 4.79 Å². The van der Waals surface area contributed by atoms with E-state index >= 15 is 0 Å². The molecule has 7 nitrogen and oxygen atoms in total. The number of aromatic nitrogens is 3. The molecule has 4 N–H and O–H groups in total. The van der Waals surface area contributed by atoms with Crippen LogP contribution in [0.1, 0.15) is 6.92 Å². The number of hydrogen-bond donors (Lipinski definition) is 3. The number of H-pyrrole nitrogens is 1. The van der Waals surface area contributed by atoms with Crippen LogP contribution in [0.25, 0.3) is 0 Å². The van der Waals surface area contributed by atoms with Crippen LogP contribution >= 0.6 is 11.8 Å². The van der Waals surface area contributed by atoms with Crippen molar-refractivity contribution in [2.24, 2.45) is 0 Å². The van der Waals surface area contributed by atoms with E-state index < -0.39 is 0 Å². The summed E-state index contributed by atoms with van der Waals surface area (Å²) in [5, 5.41) is 9.28. The number of amides is 1. The predicted octanol–water partition coefficient (Wildman–Crippen LogP) is 1.51. The summed E-state index contributed by atoms with van der Waals surface area (Å²) < 4.78 is 5.18. The Morgan fingerprint density at radius 1 is 1.50 bits per heavy atom. The number of nitrogens with two attached hydrogens (primary N) is 1. The first kappa shape index (κ1) is 14.2. The Hall–Kier alpha value is -2.22. The Kier molecular flexibility index (Phi) is 4.46. The lowest BCUT2D eigenvalue weighted by Crippen LogP contribution is -2.22. The van der Waals surface area contributed by atoms with E-state index in [0.29, 0.717) is 16.6 Å². The van der Waals surface area contributed by atoms with Crippen LogP contribution in [-0.4, -0.2) is 33.4 Å². The van der Waals surface area contributed by atoms with Gasteiger partial charge in [0.05, 0.1) is 18.0 Å². The number of hydrogen-bond acceptors (Lipinski definition) is 6. The molecule has 0 radical (unpaired) electrons. The monoisotopic (exact) mass is 293 g/mol. The molecule has 1 amide bonds. The summed E-state index contributed by atoms with van der Waals surface area (Å²) in [7, 11) is 1.56. The van der Waals surface area contributed by atoms with Crippen LogP contribution in [-0.2, 0) is 4.79 Å². The van der Waals surface area contributed by atoms with Crippen molar-refractivity contribution in [2.75, 3.05) is 18.2 Å². The molecule has 1 unspecified atom stereocenters. The summed E-state index contributed by atoms with van der Waals surface area (Å²) in [5.41, 5.74) is 6.06. The Balaban J connectivity index is 2.00. The van der Waals surface area contributed by atoms with Gasteiger partial charge in [-0.25, -0.2) is 5.10 Å². The van der Waals surface area contributed by atoms with Crippen LogP contribution < -0.4 is 15.8 Å². The molecule has 2 aromatic rings. The van der Waals surface area contributed by atoms with E-state index in [2.05, 4.69) is 20.5 Å². The minimum atomic E-state index is -0.366. The van der Waals surface area contributed by atoms with E-state index in [1.54, 1.807) is 26.2 Å². The summed E-state index contributed by atoms with van der Waals surface area (Å²) in [4.78, 5) is 16.1. The van der Waals surface area contributed by atoms with Gasteiger partial charge in [-0.05, 0) is 19.1 Å². The van der Waals surface area contributed by atoms with Crippen LogP contribution in [0.4, 0.5) is 11.6 Å². The molecule has 20 heavy (non-hydrogen) atoms. The maximum Gasteiger partial charge on any atom is 0.237 e. The van der Waals surface area contributed by atoms with Crippen molar-refractivity contribution in [1.29, 1.82) is 0 Å². The molecule has 1 atom stereocenters. The molecule has 0 aliphatic carbocycles. The highest BCUT2D eigenvalue weighted by Gasteiger charge is 2.18. The van der Waals surface area contributed by atoms with E-state index in [1.807, 2.05) is 12.1 Å². The van der Waals surface area contributed by atoms with Gasteiger partial charge >= 0.3 is 0 Å². The van der Waals surface area contributed by atoms with Crippen molar-refractivity contribution in [3.8, 4) is 5.75 Å². The largest absolute Gasteiger partial charge is 0.495 e. The Morgan fingerprint density at radius 2 is 2.25 bits per heavy atom. The van der Waals surface area contributed by atoms with Gasteiger partial charge in [-0.15, -0.1) is 5.10 Å². The Bertz CT molecular complexity index is 601. The van der Waals surface area contributed by atoms with Crippen LogP contribution in [0, 0.1) is 0 Å². The smallest absolute Gasteiger partial charge is 0.237 e. The molecule has 0 spiro atoms. The SMILES string of the molecule is COc1ccccc1NC(=O)C(C)Sc1n[nH]c(N)n1. The quantitative estimate of drug-likeness (QED) is 0.722. The maximum atomic E-state index is 12.1. The first-order chi connectivity index (χ1) is 9.60. The number of nitrogen functional groups attached to an aromatic ring is 1. The van der Waals surface area contributed by atoms with Gasteiger partial charge in [0, 0.05) is 0 Å². The van der Waals surface area contributed by atoms with Crippen molar-refractivity contribution in [3.05, 3.63) is 24.3 Å². The van der Waals surface area contributed by atoms with Crippen LogP contribution in [0.2, 0.25) is 0 Å². The van der Waals surface area contributed by atoms with E-state index in [-0.39, 0.29) is 17.1 Å². The molecule has 0 saturated heterocycles. The van der Waals surface area contributed by atoms with Gasteiger partial charge < -0.3 is 15.8 Å². The van der Waals surface area contributed by atoms with Gasteiger partial charge in [-0.3, -0.25) is 4.79 Å². The third kappa shape index (κ3) is 3.41. The van der Waals surface area contributed by atoms with Gasteiger partial charge in [0.2, 0.25) is 17.0 Å². The van der Waals surface area contributed by atoms with Crippen molar-refractivity contribution in [2.45, 2.75) is 17.3 Å². The molecule has 106 valence electrons. The highest BCUT2D eigenvalue weighted by molar-refractivity contribution is 8.00. The summed E-state index contributed by atoms with van der Waals surface area (Å²) >= 11 is 1.22. The Morgan fingerprint density at radius 3 is 2.90 bits per heavy atom. The Labute approximate surface area is 120 Å². The van der Waals surface area contributed by atoms with E-state index in [1.165, 1.54) is 11.8 Å². The lowest BCUT2D eigenvalue weighted by atomic mass is 10.3. The van der Waals surface area contributed by atoms with E-state index in [0.717, 1.165) is 0 Å². The molecule has 1 aromatic heterocycles. The molecule has 0 aliphatic heterocycles. The number of rotatable bonds is 5. The minimum Gasteiger partial charge on any atom is -0.495 e. The number of carbonyl (C=O) groups excluding carboxylic acids is 1. The number of nitrogens with one attached hydrogen (secondary N) is 2. The van der Waals surface area contributed by atoms with Crippen molar-refractivity contribution in [3.63, 3.8) is 0 Å². The lowest BCUT2D eigenvalue weighted by Gasteiger charge is -2.12. The van der Waals surface area contributed by atoms with Crippen LogP contribution in [0.5, 0.6) is 5.75 Å². The number of para-hydroxylation sites is 2. The zero-order valence-corrected chi connectivity index (χ0v) is 11.9. The highest BCUT2D eigenvalue weighted by Crippen LogP contribution is 2.25. The number of nitrogens with zero attached hydrogens (tertiary/aromatic N) is 2. The molecule has 0 aliphatic rings. The normalized spacial score (nSPS) is 11.9. The fraction of sp³-hybridized carbons (Fsp3) is 0.250. The molecule has 2 rings (SSSR count). The summed E-state index contributed by atoms with van der Waals surface area (Å²) in [6, 6.07) is 7.22.